The molecule has 0 amide bonds. The maximum absolute atomic E-state index is 11.5. The van der Waals surface area contributed by atoms with E-state index in [0.29, 0.717) is 16.6 Å². The van der Waals surface area contributed by atoms with E-state index in [1.165, 1.54) is 13.3 Å². The molecule has 0 radical (unpaired) electrons. The molecule has 26 heavy (non-hydrogen) atoms. The Bertz CT molecular complexity index is 1150. The van der Waals surface area contributed by atoms with Gasteiger partial charge in [0.1, 0.15) is 17.9 Å². The van der Waals surface area contributed by atoms with Gasteiger partial charge in [-0.1, -0.05) is 30.3 Å². The fraction of sp³-hybridized carbons (Fsp3) is 0.0476. The first-order valence-corrected chi connectivity index (χ1v) is 8.12. The minimum absolute atomic E-state index is 0.0138. The lowest BCUT2D eigenvalue weighted by Gasteiger charge is -2.09. The molecular formula is C21H14N4O. The zero-order chi connectivity index (χ0) is 18.1. The quantitative estimate of drug-likeness (QED) is 0.526. The fourth-order valence-electron chi connectivity index (χ4n) is 3.01. The highest BCUT2D eigenvalue weighted by Crippen LogP contribution is 2.30. The van der Waals surface area contributed by atoms with Crippen LogP contribution in [-0.4, -0.2) is 20.3 Å². The van der Waals surface area contributed by atoms with Gasteiger partial charge in [-0.05, 0) is 31.2 Å². The van der Waals surface area contributed by atoms with Gasteiger partial charge >= 0.3 is 0 Å². The molecule has 0 saturated carbocycles. The molecule has 0 fully saturated rings. The summed E-state index contributed by atoms with van der Waals surface area (Å²) in [4.78, 5) is 20.3. The highest BCUT2D eigenvalue weighted by atomic mass is 16.1. The lowest BCUT2D eigenvalue weighted by Crippen LogP contribution is -1.98. The molecule has 4 aromatic rings. The number of carbonyl (C=O) groups excluding carboxylic acids is 1. The molecule has 5 nitrogen and oxygen atoms in total. The topological polar surface area (TPSA) is 71.6 Å². The second-order valence-corrected chi connectivity index (χ2v) is 5.91. The number of nitriles is 1. The largest absolute Gasteiger partial charge is 0.312 e. The summed E-state index contributed by atoms with van der Waals surface area (Å²) in [5, 5.41) is 9.51. The zero-order valence-corrected chi connectivity index (χ0v) is 14.0. The number of hydrogen-bond donors (Lipinski definition) is 0. The maximum atomic E-state index is 11.5. The summed E-state index contributed by atoms with van der Waals surface area (Å²) in [5.41, 5.74) is 5.05. The van der Waals surface area contributed by atoms with Crippen molar-refractivity contribution in [1.82, 2.24) is 14.5 Å². The number of Topliss-reactive ketones (excluding diaryl/α,β-unsaturated/α-hetero) is 1. The molecule has 124 valence electrons. The number of rotatable bonds is 3. The molecule has 0 saturated heterocycles. The Hall–Kier alpha value is -3.78. The van der Waals surface area contributed by atoms with Crippen LogP contribution in [0.2, 0.25) is 0 Å². The summed E-state index contributed by atoms with van der Waals surface area (Å²) in [6.45, 7) is 1.54. The monoisotopic (exact) mass is 338 g/mol. The Morgan fingerprint density at radius 2 is 1.77 bits per heavy atom. The summed E-state index contributed by atoms with van der Waals surface area (Å²) in [7, 11) is 0. The molecule has 5 heteroatoms. The number of carbonyl (C=O) groups is 1. The Labute approximate surface area is 150 Å². The van der Waals surface area contributed by atoms with Crippen molar-refractivity contribution in [2.45, 2.75) is 6.92 Å². The molecule has 0 spiro atoms. The van der Waals surface area contributed by atoms with Gasteiger partial charge in [0.05, 0.1) is 16.8 Å². The normalized spacial score (nSPS) is 10.6. The van der Waals surface area contributed by atoms with Crippen molar-refractivity contribution in [3.8, 4) is 23.0 Å². The first-order chi connectivity index (χ1) is 12.7. The maximum Gasteiger partial charge on any atom is 0.159 e. The van der Waals surface area contributed by atoms with E-state index in [1.54, 1.807) is 18.3 Å². The van der Waals surface area contributed by atoms with Gasteiger partial charge in [-0.15, -0.1) is 0 Å². The molecule has 0 aliphatic carbocycles. The molecule has 0 N–H and O–H groups in total. The van der Waals surface area contributed by atoms with Crippen molar-refractivity contribution in [3.05, 3.63) is 78.2 Å². The van der Waals surface area contributed by atoms with E-state index in [1.807, 2.05) is 47.0 Å². The first kappa shape index (κ1) is 15.7. The second-order valence-electron chi connectivity index (χ2n) is 5.91. The molecule has 0 aliphatic heterocycles. The highest BCUT2D eigenvalue weighted by molar-refractivity contribution is 5.96. The number of benzene rings is 2. The number of nitrogens with zero attached hydrogens (tertiary/aromatic N) is 4. The van der Waals surface area contributed by atoms with E-state index in [-0.39, 0.29) is 5.78 Å². The Kier molecular flexibility index (Phi) is 3.79. The average Bonchev–Trinajstić information content (AvgIpc) is 3.07. The average molecular weight is 338 g/mol. The lowest BCUT2D eigenvalue weighted by molar-refractivity contribution is 0.101. The molecule has 2 aromatic carbocycles. The SMILES string of the molecule is CC(=O)c1ccc(-n2cc(C#N)c3ncnc(-c4ccccc4)c32)cc1. The van der Waals surface area contributed by atoms with E-state index >= 15 is 0 Å². The third-order valence-corrected chi connectivity index (χ3v) is 4.30. The van der Waals surface area contributed by atoms with Crippen molar-refractivity contribution in [1.29, 1.82) is 5.26 Å². The number of ketones is 1. The van der Waals surface area contributed by atoms with Crippen molar-refractivity contribution in [3.63, 3.8) is 0 Å². The van der Waals surface area contributed by atoms with Crippen LogP contribution in [-0.2, 0) is 0 Å². The van der Waals surface area contributed by atoms with E-state index in [0.717, 1.165) is 22.5 Å². The third kappa shape index (κ3) is 2.54. The second kappa shape index (κ2) is 6.26. The Balaban J connectivity index is 2.00. The predicted octanol–water partition coefficient (Wildman–Crippen LogP) is 4.16. The van der Waals surface area contributed by atoms with Gasteiger partial charge < -0.3 is 4.57 Å². The van der Waals surface area contributed by atoms with Crippen LogP contribution in [0, 0.1) is 11.3 Å². The van der Waals surface area contributed by atoms with Gasteiger partial charge in [0.2, 0.25) is 0 Å². The van der Waals surface area contributed by atoms with Crippen molar-refractivity contribution in [2.75, 3.05) is 0 Å². The Morgan fingerprint density at radius 3 is 2.42 bits per heavy atom. The zero-order valence-electron chi connectivity index (χ0n) is 14.0. The van der Waals surface area contributed by atoms with E-state index in [4.69, 9.17) is 0 Å². The smallest absolute Gasteiger partial charge is 0.159 e. The summed E-state index contributed by atoms with van der Waals surface area (Å²) in [6.07, 6.45) is 3.24. The van der Waals surface area contributed by atoms with Gasteiger partial charge in [0, 0.05) is 23.0 Å². The van der Waals surface area contributed by atoms with Crippen LogP contribution in [0.15, 0.2) is 67.1 Å². The first-order valence-electron chi connectivity index (χ1n) is 8.12. The van der Waals surface area contributed by atoms with Crippen LogP contribution in [0.25, 0.3) is 28.0 Å². The summed E-state index contributed by atoms with van der Waals surface area (Å²) in [5.74, 6) is 0.0138. The van der Waals surface area contributed by atoms with Crippen LogP contribution >= 0.6 is 0 Å². The molecule has 0 bridgehead atoms. The third-order valence-electron chi connectivity index (χ3n) is 4.30. The fourth-order valence-corrected chi connectivity index (χ4v) is 3.01. The summed E-state index contributed by atoms with van der Waals surface area (Å²) < 4.78 is 1.90. The van der Waals surface area contributed by atoms with Crippen LogP contribution in [0.3, 0.4) is 0 Å². The summed E-state index contributed by atoms with van der Waals surface area (Å²) >= 11 is 0. The lowest BCUT2D eigenvalue weighted by atomic mass is 10.1. The molecule has 0 atom stereocenters. The number of hydrogen-bond acceptors (Lipinski definition) is 4. The van der Waals surface area contributed by atoms with Gasteiger partial charge in [0.25, 0.3) is 0 Å². The van der Waals surface area contributed by atoms with Gasteiger partial charge in [-0.2, -0.15) is 5.26 Å². The van der Waals surface area contributed by atoms with Crippen LogP contribution in [0.4, 0.5) is 0 Å². The highest BCUT2D eigenvalue weighted by Gasteiger charge is 2.17. The molecule has 2 heterocycles. The number of aromatic nitrogens is 3. The van der Waals surface area contributed by atoms with Crippen molar-refractivity contribution >= 4 is 16.8 Å². The Morgan fingerprint density at radius 1 is 1.04 bits per heavy atom. The molecule has 2 aromatic heterocycles. The van der Waals surface area contributed by atoms with Crippen LogP contribution in [0.5, 0.6) is 0 Å². The van der Waals surface area contributed by atoms with E-state index in [9.17, 15) is 10.1 Å². The van der Waals surface area contributed by atoms with Crippen molar-refractivity contribution in [2.24, 2.45) is 0 Å². The molecule has 0 aliphatic rings. The van der Waals surface area contributed by atoms with Crippen molar-refractivity contribution < 1.29 is 4.79 Å². The predicted molar refractivity (Wildman–Crippen MR) is 99.0 cm³/mol. The molecule has 0 unspecified atom stereocenters. The molecule has 4 rings (SSSR count). The van der Waals surface area contributed by atoms with Crippen LogP contribution < -0.4 is 0 Å². The van der Waals surface area contributed by atoms with E-state index < -0.39 is 0 Å². The minimum Gasteiger partial charge on any atom is -0.312 e. The summed E-state index contributed by atoms with van der Waals surface area (Å²) in [6, 6.07) is 19.3. The van der Waals surface area contributed by atoms with Crippen LogP contribution in [0.1, 0.15) is 22.8 Å². The standard InChI is InChI=1S/C21H14N4O/c1-14(26)15-7-9-18(10-8-15)25-12-17(11-22)20-21(25)19(23-13-24-20)16-5-3-2-4-6-16/h2-10,12-13H,1H3. The van der Waals surface area contributed by atoms with E-state index in [2.05, 4.69) is 16.0 Å². The molecular weight excluding hydrogens is 324 g/mol. The minimum atomic E-state index is 0.0138. The van der Waals surface area contributed by atoms with Gasteiger partial charge in [-0.25, -0.2) is 9.97 Å². The number of fused-ring (bicyclic) bond motifs is 1. The van der Waals surface area contributed by atoms with Gasteiger partial charge in [-0.3, -0.25) is 4.79 Å². The van der Waals surface area contributed by atoms with Gasteiger partial charge in [0.15, 0.2) is 5.78 Å².